The third-order valence-electron chi connectivity index (χ3n) is 7.03. The summed E-state index contributed by atoms with van der Waals surface area (Å²) in [7, 11) is -3.36. The number of anilines is 1. The first-order valence-electron chi connectivity index (χ1n) is 12.3. The van der Waals surface area contributed by atoms with Crippen LogP contribution in [0.5, 0.6) is 5.88 Å². The molecule has 35 heavy (non-hydrogen) atoms. The number of aromatic nitrogens is 2. The van der Waals surface area contributed by atoms with E-state index < -0.39 is 15.9 Å². The van der Waals surface area contributed by atoms with Crippen molar-refractivity contribution in [2.45, 2.75) is 62.9 Å². The van der Waals surface area contributed by atoms with Gasteiger partial charge in [0.15, 0.2) is 9.92 Å². The molecule has 3 aliphatic rings. The second-order valence-corrected chi connectivity index (χ2v) is 11.3. The molecule has 0 saturated heterocycles. The Kier molecular flexibility index (Phi) is 5.72. The lowest BCUT2D eigenvalue weighted by Crippen LogP contribution is -2.35. The Morgan fingerprint density at radius 3 is 2.54 bits per heavy atom. The largest absolute Gasteiger partial charge is 0.477 e. The number of nitrogens with zero attached hydrogens (tertiary/aromatic N) is 3. The average molecular weight is 492 g/mol. The lowest BCUT2D eigenvalue weighted by atomic mass is 9.99. The minimum absolute atomic E-state index is 0.195. The van der Waals surface area contributed by atoms with Gasteiger partial charge in [-0.15, -0.1) is 0 Å². The number of hydrogen-bond acceptors (Lipinski definition) is 5. The Hall–Kier alpha value is -3.33. The van der Waals surface area contributed by atoms with Crippen LogP contribution in [0.4, 0.5) is 10.5 Å². The van der Waals surface area contributed by atoms with Crippen LogP contribution in [-0.2, 0) is 48.7 Å². The van der Waals surface area contributed by atoms with Crippen molar-refractivity contribution in [2.24, 2.45) is 4.36 Å². The quantitative estimate of drug-likeness (QED) is 0.553. The zero-order chi connectivity index (χ0) is 23.8. The molecule has 0 spiro atoms. The molecule has 1 unspecified atom stereocenters. The first-order chi connectivity index (χ1) is 17.1. The predicted molar refractivity (Wildman–Crippen MR) is 134 cm³/mol. The van der Waals surface area contributed by atoms with E-state index in [2.05, 4.69) is 25.6 Å². The summed E-state index contributed by atoms with van der Waals surface area (Å²) in [6, 6.07) is 11.4. The van der Waals surface area contributed by atoms with Crippen LogP contribution in [0.25, 0.3) is 0 Å². The smallest absolute Gasteiger partial charge is 0.331 e. The molecule has 0 saturated carbocycles. The van der Waals surface area contributed by atoms with Gasteiger partial charge in [0.2, 0.25) is 5.88 Å². The van der Waals surface area contributed by atoms with E-state index in [-0.39, 0.29) is 6.54 Å². The van der Waals surface area contributed by atoms with Gasteiger partial charge in [-0.25, -0.2) is 22.8 Å². The van der Waals surface area contributed by atoms with Gasteiger partial charge in [-0.2, -0.15) is 5.10 Å². The number of carbonyl (C=O) groups is 1. The van der Waals surface area contributed by atoms with Crippen LogP contribution in [0.1, 0.15) is 47.1 Å². The highest BCUT2D eigenvalue weighted by molar-refractivity contribution is 7.92. The molecule has 8 nitrogen and oxygen atoms in total. The number of benzene rings is 2. The number of amides is 2. The van der Waals surface area contributed by atoms with Crippen molar-refractivity contribution < 1.29 is 13.7 Å². The summed E-state index contributed by atoms with van der Waals surface area (Å²) < 4.78 is 29.0. The second kappa shape index (κ2) is 9.03. The van der Waals surface area contributed by atoms with E-state index in [1.54, 1.807) is 4.68 Å². The van der Waals surface area contributed by atoms with Crippen molar-refractivity contribution in [1.82, 2.24) is 14.5 Å². The van der Waals surface area contributed by atoms with Crippen molar-refractivity contribution in [2.75, 3.05) is 11.9 Å². The van der Waals surface area contributed by atoms with Crippen molar-refractivity contribution >= 4 is 21.6 Å². The molecule has 1 atom stereocenters. The molecule has 1 aromatic heterocycles. The summed E-state index contributed by atoms with van der Waals surface area (Å²) in [4.78, 5) is 13.7. The van der Waals surface area contributed by atoms with Gasteiger partial charge in [0.1, 0.15) is 4.90 Å². The summed E-state index contributed by atoms with van der Waals surface area (Å²) >= 11 is 0. The fraction of sp³-hybridized carbons (Fsp3) is 0.385. The van der Waals surface area contributed by atoms with Crippen molar-refractivity contribution in [3.63, 3.8) is 0 Å². The molecule has 2 aliphatic carbocycles. The van der Waals surface area contributed by atoms with Gasteiger partial charge in [0.25, 0.3) is 0 Å². The monoisotopic (exact) mass is 491 g/mol. The second-order valence-electron chi connectivity index (χ2n) is 9.33. The maximum atomic E-state index is 14.3. The maximum Gasteiger partial charge on any atom is 0.331 e. The number of nitrogens with one attached hydrogen (secondary N) is 2. The molecule has 9 heteroatoms. The predicted octanol–water partition coefficient (Wildman–Crippen LogP) is 4.41. The maximum absolute atomic E-state index is 14.3. The Balaban J connectivity index is 1.34. The fourth-order valence-electron chi connectivity index (χ4n) is 5.37. The summed E-state index contributed by atoms with van der Waals surface area (Å²) in [5.74, 6) is 0.417. The van der Waals surface area contributed by atoms with Crippen LogP contribution < -0.4 is 14.8 Å². The minimum atomic E-state index is -3.36. The van der Waals surface area contributed by atoms with E-state index in [4.69, 9.17) is 4.74 Å². The molecule has 3 aromatic rings. The topological polar surface area (TPSA) is 97.6 Å². The van der Waals surface area contributed by atoms with Gasteiger partial charge >= 0.3 is 6.03 Å². The number of fused-ring (bicyclic) bond motifs is 3. The first kappa shape index (κ1) is 22.2. The molecule has 6 rings (SSSR count). The Morgan fingerprint density at radius 1 is 1.06 bits per heavy atom. The fourth-order valence-corrected chi connectivity index (χ4v) is 6.91. The van der Waals surface area contributed by atoms with Crippen LogP contribution in [-0.4, -0.2) is 26.6 Å². The van der Waals surface area contributed by atoms with Gasteiger partial charge in [-0.05, 0) is 66.3 Å². The molecule has 2 aromatic carbocycles. The van der Waals surface area contributed by atoms with E-state index >= 15 is 0 Å². The van der Waals surface area contributed by atoms with Crippen LogP contribution >= 0.6 is 0 Å². The van der Waals surface area contributed by atoms with Crippen LogP contribution in [0.3, 0.4) is 0 Å². The lowest BCUT2D eigenvalue weighted by Gasteiger charge is -2.19. The Labute approximate surface area is 205 Å². The SMILES string of the molecule is O=C(Nc1c2c(cc3c1CCC3)CCC2)NS(=O)(=NCc1ccccc1)c1cnn2c1OCCC2. The molecule has 182 valence electrons. The Bertz CT molecular complexity index is 1370. The van der Waals surface area contributed by atoms with E-state index in [0.717, 1.165) is 56.2 Å². The third kappa shape index (κ3) is 4.18. The third-order valence-corrected chi connectivity index (χ3v) is 8.86. The van der Waals surface area contributed by atoms with E-state index in [0.29, 0.717) is 23.9 Å². The lowest BCUT2D eigenvalue weighted by molar-refractivity contribution is 0.224. The Morgan fingerprint density at radius 2 is 1.80 bits per heavy atom. The zero-order valence-corrected chi connectivity index (χ0v) is 20.4. The molecule has 0 bridgehead atoms. The van der Waals surface area contributed by atoms with Crippen molar-refractivity contribution in [3.05, 3.63) is 70.4 Å². The molecule has 0 fully saturated rings. The van der Waals surface area contributed by atoms with Crippen molar-refractivity contribution in [1.29, 1.82) is 0 Å². The highest BCUT2D eigenvalue weighted by Gasteiger charge is 2.29. The highest BCUT2D eigenvalue weighted by Crippen LogP contribution is 2.38. The number of ether oxygens (including phenoxy) is 1. The molecule has 0 radical (unpaired) electrons. The standard InChI is InChI=1S/C26H29N5O3S/c32-26(29-24-21-11-4-9-19(21)15-20-10-5-12-22(20)24)30-35(33,28-16-18-7-2-1-3-8-18)23-17-27-31-13-6-14-34-25(23)31/h1-3,7-8,15,17H,4-6,9-14,16H2,(H2,28,29,30,32,33). The summed E-state index contributed by atoms with van der Waals surface area (Å²) in [5, 5.41) is 7.43. The number of hydrogen-bond donors (Lipinski definition) is 2. The minimum Gasteiger partial charge on any atom is -0.477 e. The summed E-state index contributed by atoms with van der Waals surface area (Å²) in [5.41, 5.74) is 6.91. The number of urea groups is 1. The van der Waals surface area contributed by atoms with Gasteiger partial charge in [0.05, 0.1) is 19.3 Å². The molecular formula is C26H29N5O3S. The van der Waals surface area contributed by atoms with Gasteiger partial charge in [-0.1, -0.05) is 36.4 Å². The van der Waals surface area contributed by atoms with Gasteiger partial charge in [0, 0.05) is 18.7 Å². The van der Waals surface area contributed by atoms with Crippen LogP contribution in [0.15, 0.2) is 51.9 Å². The first-order valence-corrected chi connectivity index (χ1v) is 13.8. The number of aryl methyl sites for hydroxylation is 3. The molecule has 1 aliphatic heterocycles. The number of carbonyl (C=O) groups excluding carboxylic acids is 1. The van der Waals surface area contributed by atoms with Crippen LogP contribution in [0, 0.1) is 0 Å². The van der Waals surface area contributed by atoms with Gasteiger partial charge in [-0.3, -0.25) is 0 Å². The normalized spacial score (nSPS) is 17.5. The molecule has 2 N–H and O–H groups in total. The summed E-state index contributed by atoms with van der Waals surface area (Å²) in [6.45, 7) is 1.39. The van der Waals surface area contributed by atoms with E-state index in [1.807, 2.05) is 30.3 Å². The summed E-state index contributed by atoms with van der Waals surface area (Å²) in [6.07, 6.45) is 8.52. The average Bonchev–Trinajstić information content (AvgIpc) is 3.62. The van der Waals surface area contributed by atoms with Gasteiger partial charge < -0.3 is 10.1 Å². The molecule has 2 heterocycles. The van der Waals surface area contributed by atoms with Crippen LogP contribution in [0.2, 0.25) is 0 Å². The van der Waals surface area contributed by atoms with Crippen molar-refractivity contribution in [3.8, 4) is 5.88 Å². The van der Waals surface area contributed by atoms with E-state index in [9.17, 15) is 9.00 Å². The molecule has 2 amide bonds. The highest BCUT2D eigenvalue weighted by atomic mass is 32.2. The van der Waals surface area contributed by atoms with E-state index in [1.165, 1.54) is 28.5 Å². The molecular weight excluding hydrogens is 462 g/mol. The number of rotatable bonds is 5. The zero-order valence-electron chi connectivity index (χ0n) is 19.6.